The first-order chi connectivity index (χ1) is 22.2. The van der Waals surface area contributed by atoms with Crippen molar-refractivity contribution < 1.29 is 23.8 Å². The molecule has 0 amide bonds. The number of nitrogens with zero attached hydrogens (tertiary/aromatic N) is 4. The summed E-state index contributed by atoms with van der Waals surface area (Å²) in [5, 5.41) is 5.45. The lowest BCUT2D eigenvalue weighted by atomic mass is 9.95. The number of methoxy groups -OCH3 is 2. The van der Waals surface area contributed by atoms with Crippen molar-refractivity contribution in [3.8, 4) is 28.4 Å². The van der Waals surface area contributed by atoms with Crippen LogP contribution < -0.4 is 24.4 Å². The second kappa shape index (κ2) is 12.6. The molecule has 46 heavy (non-hydrogen) atoms. The van der Waals surface area contributed by atoms with Crippen molar-refractivity contribution in [3.05, 3.63) is 126 Å². The molecule has 3 aromatic carbocycles. The zero-order valence-corrected chi connectivity index (χ0v) is 26.8. The second-order valence-electron chi connectivity index (χ2n) is 10.3. The third-order valence-corrected chi connectivity index (χ3v) is 8.59. The minimum atomic E-state index is -0.895. The third kappa shape index (κ3) is 5.78. The third-order valence-electron chi connectivity index (χ3n) is 7.35. The Labute approximate surface area is 272 Å². The number of aromatic nitrogens is 3. The van der Waals surface area contributed by atoms with Crippen molar-refractivity contribution in [2.24, 2.45) is 4.99 Å². The van der Waals surface area contributed by atoms with Crippen LogP contribution in [0.5, 0.6) is 11.5 Å². The lowest BCUT2D eigenvalue weighted by Crippen LogP contribution is -2.39. The molecule has 1 atom stereocenters. The summed E-state index contributed by atoms with van der Waals surface area (Å²) in [6, 6.07) is 20.9. The zero-order chi connectivity index (χ0) is 32.5. The van der Waals surface area contributed by atoms with E-state index in [9.17, 15) is 14.4 Å². The molecule has 3 heterocycles. The summed E-state index contributed by atoms with van der Waals surface area (Å²) in [6.45, 7) is 2.98. The number of ether oxygens (including phenoxy) is 3. The fourth-order valence-corrected chi connectivity index (χ4v) is 6.44. The van der Waals surface area contributed by atoms with Crippen LogP contribution in [0.1, 0.15) is 31.0 Å². The number of carbonyl (C=O) groups excluding carboxylic acids is 2. The van der Waals surface area contributed by atoms with Crippen LogP contribution in [0.3, 0.4) is 0 Å². The first-order valence-corrected chi connectivity index (χ1v) is 15.3. The lowest BCUT2D eigenvalue weighted by molar-refractivity contribution is -0.136. The number of esters is 2. The van der Waals surface area contributed by atoms with Crippen molar-refractivity contribution in [1.29, 1.82) is 0 Å². The van der Waals surface area contributed by atoms with Crippen LogP contribution in [-0.2, 0) is 14.3 Å². The van der Waals surface area contributed by atoms with E-state index in [4.69, 9.17) is 30.9 Å². The molecule has 0 unspecified atom stereocenters. The van der Waals surface area contributed by atoms with Gasteiger partial charge in [-0.1, -0.05) is 59.3 Å². The number of hydrogen-bond donors (Lipinski definition) is 0. The summed E-state index contributed by atoms with van der Waals surface area (Å²) in [4.78, 5) is 44.1. The Bertz CT molecular complexity index is 2200. The van der Waals surface area contributed by atoms with Gasteiger partial charge in [-0.3, -0.25) is 14.2 Å². The Kier molecular flexibility index (Phi) is 8.44. The van der Waals surface area contributed by atoms with E-state index in [-0.39, 0.29) is 22.6 Å². The van der Waals surface area contributed by atoms with Crippen molar-refractivity contribution in [2.45, 2.75) is 19.9 Å². The number of rotatable bonds is 7. The molecule has 0 fully saturated rings. The number of hydrogen-bond acceptors (Lipinski definition) is 9. The summed E-state index contributed by atoms with van der Waals surface area (Å²) in [5.74, 6) is -0.678. The first kappa shape index (κ1) is 30.8. The van der Waals surface area contributed by atoms with Gasteiger partial charge in [-0.25, -0.2) is 14.5 Å². The fraction of sp³-hybridized carbons (Fsp3) is 0.147. The van der Waals surface area contributed by atoms with E-state index in [1.807, 2.05) is 48.7 Å². The van der Waals surface area contributed by atoms with Gasteiger partial charge >= 0.3 is 11.9 Å². The molecule has 0 bridgehead atoms. The normalized spacial score (nSPS) is 14.5. The van der Waals surface area contributed by atoms with E-state index in [0.717, 1.165) is 11.3 Å². The summed E-state index contributed by atoms with van der Waals surface area (Å²) < 4.78 is 19.5. The summed E-state index contributed by atoms with van der Waals surface area (Å²) >= 11 is 7.36. The molecule has 10 nitrogen and oxygen atoms in total. The van der Waals surface area contributed by atoms with Crippen molar-refractivity contribution >= 4 is 41.0 Å². The van der Waals surface area contributed by atoms with Gasteiger partial charge in [-0.2, -0.15) is 5.10 Å². The van der Waals surface area contributed by atoms with Crippen LogP contribution in [-0.4, -0.2) is 40.5 Å². The van der Waals surface area contributed by atoms with Crippen molar-refractivity contribution in [3.63, 3.8) is 0 Å². The number of halogens is 1. The molecule has 0 saturated heterocycles. The average Bonchev–Trinajstić information content (AvgIpc) is 3.61. The predicted octanol–water partition coefficient (Wildman–Crippen LogP) is 4.85. The minimum Gasteiger partial charge on any atom is -0.493 e. The number of fused-ring (bicyclic) bond motifs is 1. The lowest BCUT2D eigenvalue weighted by Gasteiger charge is -2.25. The molecule has 0 N–H and O–H groups in total. The van der Waals surface area contributed by atoms with E-state index < -0.39 is 18.0 Å². The minimum absolute atomic E-state index is 0.197. The molecule has 5 aromatic rings. The van der Waals surface area contributed by atoms with Gasteiger partial charge in [0, 0.05) is 29.3 Å². The van der Waals surface area contributed by atoms with E-state index in [2.05, 4.69) is 4.99 Å². The van der Waals surface area contributed by atoms with Crippen LogP contribution in [0.15, 0.2) is 100 Å². The van der Waals surface area contributed by atoms with Gasteiger partial charge in [-0.05, 0) is 55.0 Å². The largest absolute Gasteiger partial charge is 0.493 e. The Morgan fingerprint density at radius 2 is 1.74 bits per heavy atom. The predicted molar refractivity (Wildman–Crippen MR) is 174 cm³/mol. The molecule has 0 aliphatic carbocycles. The van der Waals surface area contributed by atoms with Crippen LogP contribution in [0, 0.1) is 0 Å². The number of thiazole rings is 1. The maximum atomic E-state index is 14.3. The SMILES string of the molecule is COC(=O)C1=C(C)N=c2s/c(=C\c3cn(-c4ccccc4)nc3-c3ccc(Cl)cc3)c(=O)n2[C@@H]1c1ccc(OC(C)=O)c(OC)c1. The molecule has 1 aliphatic rings. The molecule has 2 aromatic heterocycles. The highest BCUT2D eigenvalue weighted by Gasteiger charge is 2.34. The summed E-state index contributed by atoms with van der Waals surface area (Å²) in [5.41, 5.74) is 3.80. The smallest absolute Gasteiger partial charge is 0.338 e. The summed E-state index contributed by atoms with van der Waals surface area (Å²) in [6.07, 6.45) is 3.64. The van der Waals surface area contributed by atoms with Gasteiger partial charge < -0.3 is 14.2 Å². The molecule has 0 saturated carbocycles. The summed E-state index contributed by atoms with van der Waals surface area (Å²) in [7, 11) is 2.71. The second-order valence-corrected chi connectivity index (χ2v) is 11.7. The van der Waals surface area contributed by atoms with E-state index in [1.165, 1.54) is 37.0 Å². The molecule has 1 aliphatic heterocycles. The average molecular weight is 655 g/mol. The number of allylic oxidation sites excluding steroid dienone is 1. The maximum absolute atomic E-state index is 14.3. The molecular formula is C34H27ClN4O6S. The molecule has 232 valence electrons. The number of benzene rings is 3. The Hall–Kier alpha value is -5.26. The van der Waals surface area contributed by atoms with Gasteiger partial charge in [0.25, 0.3) is 5.56 Å². The van der Waals surface area contributed by atoms with Crippen molar-refractivity contribution in [1.82, 2.24) is 14.3 Å². The topological polar surface area (TPSA) is 114 Å². The Morgan fingerprint density at radius 3 is 2.41 bits per heavy atom. The highest BCUT2D eigenvalue weighted by molar-refractivity contribution is 7.07. The molecule has 0 spiro atoms. The van der Waals surface area contributed by atoms with E-state index in [0.29, 0.717) is 36.9 Å². The standard InChI is InChI=1S/C34H27ClN4O6S/c1-19-29(33(42)44-4)31(22-12-15-26(45-20(2)40)27(16-22)43-3)39-32(41)28(46-34(39)36-19)17-23-18-38(25-8-6-5-7-9-25)37-30(23)21-10-13-24(35)14-11-21/h5-18,31H,1-4H3/b28-17-/t31-/m1/s1. The van der Waals surface area contributed by atoms with Crippen LogP contribution in [0.25, 0.3) is 23.0 Å². The van der Waals surface area contributed by atoms with Crippen molar-refractivity contribution in [2.75, 3.05) is 14.2 Å². The Morgan fingerprint density at radius 1 is 1.00 bits per heavy atom. The maximum Gasteiger partial charge on any atom is 0.338 e. The van der Waals surface area contributed by atoms with Crippen LogP contribution in [0.2, 0.25) is 5.02 Å². The molecular weight excluding hydrogens is 628 g/mol. The van der Waals surface area contributed by atoms with Crippen LogP contribution in [0.4, 0.5) is 0 Å². The first-order valence-electron chi connectivity index (χ1n) is 14.1. The van der Waals surface area contributed by atoms with E-state index >= 15 is 0 Å². The van der Waals surface area contributed by atoms with E-state index in [1.54, 1.807) is 48.0 Å². The van der Waals surface area contributed by atoms with Gasteiger partial charge in [0.05, 0.1) is 41.8 Å². The molecule has 0 radical (unpaired) electrons. The fourth-order valence-electron chi connectivity index (χ4n) is 5.28. The van der Waals surface area contributed by atoms with Gasteiger partial charge in [0.15, 0.2) is 16.3 Å². The monoisotopic (exact) mass is 654 g/mol. The van der Waals surface area contributed by atoms with Gasteiger partial charge in [0.1, 0.15) is 5.69 Å². The zero-order valence-electron chi connectivity index (χ0n) is 25.2. The number of carbonyl (C=O) groups is 2. The quantitative estimate of drug-likeness (QED) is 0.182. The molecule has 12 heteroatoms. The van der Waals surface area contributed by atoms with Gasteiger partial charge in [0.2, 0.25) is 0 Å². The highest BCUT2D eigenvalue weighted by atomic mass is 35.5. The number of para-hydroxylation sites is 1. The van der Waals surface area contributed by atoms with Crippen LogP contribution >= 0.6 is 22.9 Å². The van der Waals surface area contributed by atoms with Gasteiger partial charge in [-0.15, -0.1) is 0 Å². The molecule has 6 rings (SSSR count). The Balaban J connectivity index is 1.56. The highest BCUT2D eigenvalue weighted by Crippen LogP contribution is 2.36.